The van der Waals surface area contributed by atoms with Crippen LogP contribution in [0.15, 0.2) is 53.6 Å². The number of Topliss-reactive ketones (excluding diaryl/α,β-unsaturated/α-hetero) is 1. The van der Waals surface area contributed by atoms with Crippen LogP contribution in [0.1, 0.15) is 23.1 Å². The van der Waals surface area contributed by atoms with E-state index in [4.69, 9.17) is 4.74 Å². The molecule has 0 bridgehead atoms. The fraction of sp³-hybridized carbons (Fsp3) is 0.261. The molecule has 32 heavy (non-hydrogen) atoms. The Balaban J connectivity index is 1.64. The Morgan fingerprint density at radius 3 is 2.50 bits per heavy atom. The van der Waals surface area contributed by atoms with Crippen molar-refractivity contribution in [2.75, 3.05) is 19.1 Å². The molecular formula is C23H22N2O7. The van der Waals surface area contributed by atoms with Crippen molar-refractivity contribution in [3.05, 3.63) is 65.2 Å². The number of carbonyl (C=O) groups excluding carboxylic acids is 3. The molecule has 2 aromatic carbocycles. The molecule has 0 fully saturated rings. The molecule has 0 radical (unpaired) electrons. The van der Waals surface area contributed by atoms with Gasteiger partial charge in [-0.25, -0.2) is 4.79 Å². The average molecular weight is 438 g/mol. The van der Waals surface area contributed by atoms with Crippen LogP contribution in [-0.4, -0.2) is 48.2 Å². The number of esters is 2. The Kier molecular flexibility index (Phi) is 7.33. The highest BCUT2D eigenvalue weighted by atomic mass is 16.6. The molecule has 3 rings (SSSR count). The van der Waals surface area contributed by atoms with Gasteiger partial charge in [0.2, 0.25) is 0 Å². The molecule has 1 aliphatic rings. The lowest BCUT2D eigenvalue weighted by molar-refractivity contribution is -0.156. The molecule has 0 saturated carbocycles. The number of hydrogen-bond acceptors (Lipinski definition) is 8. The van der Waals surface area contributed by atoms with E-state index in [9.17, 15) is 24.3 Å². The van der Waals surface area contributed by atoms with Gasteiger partial charge in [-0.2, -0.15) is 5.10 Å². The smallest absolute Gasteiger partial charge is 0.344 e. The number of carboxylic acids is 1. The van der Waals surface area contributed by atoms with E-state index >= 15 is 0 Å². The Morgan fingerprint density at radius 2 is 1.81 bits per heavy atom. The molecule has 0 aliphatic heterocycles. The van der Waals surface area contributed by atoms with E-state index in [-0.39, 0.29) is 18.6 Å². The first-order chi connectivity index (χ1) is 15.4. The highest BCUT2D eigenvalue weighted by molar-refractivity contribution is 6.50. The normalized spacial score (nSPS) is 16.2. The van der Waals surface area contributed by atoms with Crippen molar-refractivity contribution < 1.29 is 33.8 Å². The monoisotopic (exact) mass is 438 g/mol. The van der Waals surface area contributed by atoms with Crippen LogP contribution in [0.4, 0.5) is 5.69 Å². The van der Waals surface area contributed by atoms with Crippen LogP contribution < -0.4 is 5.43 Å². The third kappa shape index (κ3) is 5.57. The van der Waals surface area contributed by atoms with Gasteiger partial charge in [0.05, 0.1) is 12.8 Å². The molecule has 166 valence electrons. The topological polar surface area (TPSA) is 131 Å². The fourth-order valence-electron chi connectivity index (χ4n) is 3.24. The summed E-state index contributed by atoms with van der Waals surface area (Å²) in [5.41, 5.74) is 5.72. The van der Waals surface area contributed by atoms with Gasteiger partial charge in [0.25, 0.3) is 0 Å². The summed E-state index contributed by atoms with van der Waals surface area (Å²) < 4.78 is 9.20. The van der Waals surface area contributed by atoms with Crippen molar-refractivity contribution in [2.24, 2.45) is 11.0 Å². The first-order valence-corrected chi connectivity index (χ1v) is 9.89. The summed E-state index contributed by atoms with van der Waals surface area (Å²) in [7, 11) is 1.21. The van der Waals surface area contributed by atoms with Crippen LogP contribution in [0.25, 0.3) is 0 Å². The molecule has 0 saturated heterocycles. The minimum absolute atomic E-state index is 0.0803. The summed E-state index contributed by atoms with van der Waals surface area (Å²) in [6.45, 7) is -0.414. The summed E-state index contributed by atoms with van der Waals surface area (Å²) in [5, 5.41) is 13.6. The van der Waals surface area contributed by atoms with Crippen LogP contribution in [0.5, 0.6) is 0 Å². The zero-order chi connectivity index (χ0) is 23.1. The number of ether oxygens (including phenoxy) is 2. The number of methoxy groups -OCH3 is 1. The maximum atomic E-state index is 12.6. The van der Waals surface area contributed by atoms with E-state index in [1.54, 1.807) is 48.5 Å². The second kappa shape index (κ2) is 10.3. The number of rotatable bonds is 8. The van der Waals surface area contributed by atoms with Crippen molar-refractivity contribution in [2.45, 2.75) is 19.3 Å². The number of benzene rings is 2. The van der Waals surface area contributed by atoms with E-state index < -0.39 is 36.2 Å². The van der Waals surface area contributed by atoms with Gasteiger partial charge >= 0.3 is 17.9 Å². The number of carboxylic acid groups (broad SMARTS) is 1. The second-order valence-corrected chi connectivity index (χ2v) is 7.12. The van der Waals surface area contributed by atoms with Gasteiger partial charge < -0.3 is 14.6 Å². The van der Waals surface area contributed by atoms with Gasteiger partial charge in [-0.3, -0.25) is 19.8 Å². The summed E-state index contributed by atoms with van der Waals surface area (Å²) in [6.07, 6.45) is 0.662. The predicted molar refractivity (Wildman–Crippen MR) is 114 cm³/mol. The van der Waals surface area contributed by atoms with E-state index in [0.717, 1.165) is 11.1 Å². The molecular weight excluding hydrogens is 416 g/mol. The van der Waals surface area contributed by atoms with Gasteiger partial charge in [-0.15, -0.1) is 0 Å². The molecule has 1 atom stereocenters. The Labute approximate surface area is 184 Å². The lowest BCUT2D eigenvalue weighted by atomic mass is 9.81. The van der Waals surface area contributed by atoms with Crippen LogP contribution in [-0.2, 0) is 41.5 Å². The van der Waals surface area contributed by atoms with Crippen molar-refractivity contribution in [1.29, 1.82) is 0 Å². The number of anilines is 1. The third-order valence-corrected chi connectivity index (χ3v) is 4.99. The van der Waals surface area contributed by atoms with Crippen LogP contribution in [0.2, 0.25) is 0 Å². The van der Waals surface area contributed by atoms with Gasteiger partial charge in [0.15, 0.2) is 12.4 Å². The number of ketones is 1. The molecule has 0 heterocycles. The average Bonchev–Trinajstić information content (AvgIpc) is 2.80. The molecule has 0 spiro atoms. The molecule has 9 heteroatoms. The maximum absolute atomic E-state index is 12.6. The minimum atomic E-state index is -1.17. The van der Waals surface area contributed by atoms with Crippen LogP contribution in [0.3, 0.4) is 0 Å². The van der Waals surface area contributed by atoms with Crippen molar-refractivity contribution >= 4 is 35.1 Å². The first-order valence-electron chi connectivity index (χ1n) is 9.89. The first kappa shape index (κ1) is 22.7. The molecule has 1 unspecified atom stereocenters. The standard InChI is InChI=1S/C23H22N2O7/c1-31-20(27)13-32-19(26)11-8-14-6-9-16(10-7-14)24-25-21-17-5-3-2-4-15(17)12-18(22(21)28)23(29)30/h2-7,9-10,18,24H,8,11-13H2,1H3,(H,29,30)/b25-21-. The predicted octanol–water partition coefficient (Wildman–Crippen LogP) is 1.98. The van der Waals surface area contributed by atoms with Gasteiger partial charge in [-0.05, 0) is 36.1 Å². The Hall–Kier alpha value is -4.01. The lowest BCUT2D eigenvalue weighted by Crippen LogP contribution is -2.37. The summed E-state index contributed by atoms with van der Waals surface area (Å²) in [6, 6.07) is 14.1. The van der Waals surface area contributed by atoms with Gasteiger partial charge in [-0.1, -0.05) is 36.4 Å². The number of nitrogens with zero attached hydrogens (tertiary/aromatic N) is 1. The number of nitrogens with one attached hydrogen (secondary N) is 1. The quantitative estimate of drug-likeness (QED) is 0.363. The number of aliphatic carboxylic acids is 1. The third-order valence-electron chi connectivity index (χ3n) is 4.99. The zero-order valence-corrected chi connectivity index (χ0v) is 17.4. The number of aryl methyl sites for hydroxylation is 1. The molecule has 0 amide bonds. The molecule has 0 aromatic heterocycles. The summed E-state index contributed by atoms with van der Waals surface area (Å²) >= 11 is 0. The highest BCUT2D eigenvalue weighted by Crippen LogP contribution is 2.24. The van der Waals surface area contributed by atoms with Crippen LogP contribution in [0, 0.1) is 5.92 Å². The molecule has 9 nitrogen and oxygen atoms in total. The van der Waals surface area contributed by atoms with E-state index in [2.05, 4.69) is 15.3 Å². The van der Waals surface area contributed by atoms with E-state index in [1.807, 2.05) is 0 Å². The van der Waals surface area contributed by atoms with Crippen molar-refractivity contribution in [3.63, 3.8) is 0 Å². The molecule has 2 N–H and O–H groups in total. The highest BCUT2D eigenvalue weighted by Gasteiger charge is 2.36. The molecule has 1 aliphatic carbocycles. The van der Waals surface area contributed by atoms with Crippen molar-refractivity contribution in [1.82, 2.24) is 0 Å². The SMILES string of the molecule is COC(=O)COC(=O)CCc1ccc(N/N=C2\C(=O)C(C(=O)O)Cc3ccccc32)cc1. The molecule has 2 aromatic rings. The number of fused-ring (bicyclic) bond motifs is 1. The van der Waals surface area contributed by atoms with Gasteiger partial charge in [0, 0.05) is 12.0 Å². The largest absolute Gasteiger partial charge is 0.481 e. The minimum Gasteiger partial charge on any atom is -0.481 e. The summed E-state index contributed by atoms with van der Waals surface area (Å²) in [5.74, 6) is -4.00. The van der Waals surface area contributed by atoms with Crippen molar-refractivity contribution in [3.8, 4) is 0 Å². The van der Waals surface area contributed by atoms with E-state index in [0.29, 0.717) is 17.7 Å². The Bertz CT molecular complexity index is 1060. The lowest BCUT2D eigenvalue weighted by Gasteiger charge is -2.21. The van der Waals surface area contributed by atoms with Gasteiger partial charge in [0.1, 0.15) is 11.6 Å². The second-order valence-electron chi connectivity index (χ2n) is 7.12. The fourth-order valence-corrected chi connectivity index (χ4v) is 3.24. The number of hydrazone groups is 1. The van der Waals surface area contributed by atoms with E-state index in [1.165, 1.54) is 7.11 Å². The number of hydrogen-bond donors (Lipinski definition) is 2. The Morgan fingerprint density at radius 1 is 1.09 bits per heavy atom. The number of carbonyl (C=O) groups is 4. The summed E-state index contributed by atoms with van der Waals surface area (Å²) in [4.78, 5) is 46.8. The maximum Gasteiger partial charge on any atom is 0.344 e. The zero-order valence-electron chi connectivity index (χ0n) is 17.4. The van der Waals surface area contributed by atoms with Crippen LogP contribution >= 0.6 is 0 Å².